The fourth-order valence-corrected chi connectivity index (χ4v) is 1.30. The molecule has 0 aromatic carbocycles. The van der Waals surface area contributed by atoms with Crippen molar-refractivity contribution in [3.63, 3.8) is 0 Å². The Bertz CT molecular complexity index is 213. The largest absolute Gasteiger partial charge is 0.466 e. The maximum absolute atomic E-state index is 11.1. The smallest absolute Gasteiger partial charge is 0.305 e. The Hall–Kier alpha value is -0.900. The first-order chi connectivity index (χ1) is 7.61. The Morgan fingerprint density at radius 2 is 1.94 bits per heavy atom. The molecule has 0 aliphatic carbocycles. The van der Waals surface area contributed by atoms with E-state index in [2.05, 4.69) is 0 Å². The maximum atomic E-state index is 11.1. The van der Waals surface area contributed by atoms with E-state index in [0.29, 0.717) is 32.7 Å². The molecule has 0 N–H and O–H groups in total. The van der Waals surface area contributed by atoms with E-state index in [1.807, 2.05) is 6.92 Å². The number of carbonyl (C=O) groups is 2. The fourth-order valence-electron chi connectivity index (χ4n) is 1.30. The van der Waals surface area contributed by atoms with Crippen molar-refractivity contribution in [3.8, 4) is 0 Å². The van der Waals surface area contributed by atoms with E-state index in [4.69, 9.17) is 9.47 Å². The van der Waals surface area contributed by atoms with Gasteiger partial charge in [-0.2, -0.15) is 0 Å². The third-order valence-corrected chi connectivity index (χ3v) is 2.36. The molecule has 0 spiro atoms. The summed E-state index contributed by atoms with van der Waals surface area (Å²) in [5.74, 6) is -0.0415. The van der Waals surface area contributed by atoms with E-state index in [0.717, 1.165) is 6.42 Å². The molecule has 0 aromatic heterocycles. The van der Waals surface area contributed by atoms with Gasteiger partial charge in [0.1, 0.15) is 5.78 Å². The summed E-state index contributed by atoms with van der Waals surface area (Å²) < 4.78 is 10.1. The molecule has 0 heterocycles. The van der Waals surface area contributed by atoms with Crippen LogP contribution in [0.25, 0.3) is 0 Å². The summed E-state index contributed by atoms with van der Waals surface area (Å²) in [6.45, 7) is 6.70. The van der Waals surface area contributed by atoms with Crippen molar-refractivity contribution in [2.75, 3.05) is 19.8 Å². The zero-order valence-electron chi connectivity index (χ0n) is 10.5. The second-order valence-corrected chi connectivity index (χ2v) is 3.70. The number of esters is 1. The summed E-state index contributed by atoms with van der Waals surface area (Å²) in [5, 5.41) is 0. The van der Waals surface area contributed by atoms with E-state index in [9.17, 15) is 9.59 Å². The lowest BCUT2D eigenvalue weighted by Gasteiger charge is -2.11. The molecule has 1 atom stereocenters. The highest BCUT2D eigenvalue weighted by Crippen LogP contribution is 2.05. The van der Waals surface area contributed by atoms with Gasteiger partial charge in [-0.05, 0) is 26.7 Å². The van der Waals surface area contributed by atoms with E-state index in [-0.39, 0.29) is 17.7 Å². The highest BCUT2D eigenvalue weighted by molar-refractivity contribution is 5.78. The van der Waals surface area contributed by atoms with Gasteiger partial charge in [-0.25, -0.2) is 0 Å². The molecule has 0 rings (SSSR count). The van der Waals surface area contributed by atoms with Gasteiger partial charge < -0.3 is 9.47 Å². The van der Waals surface area contributed by atoms with Gasteiger partial charge in [0.15, 0.2) is 0 Å². The molecule has 94 valence electrons. The van der Waals surface area contributed by atoms with Gasteiger partial charge in [0.25, 0.3) is 0 Å². The fraction of sp³-hybridized carbons (Fsp3) is 0.833. The molecule has 0 aliphatic rings. The molecule has 0 saturated carbocycles. The second kappa shape index (κ2) is 9.33. The van der Waals surface area contributed by atoms with Crippen LogP contribution in [0.5, 0.6) is 0 Å². The average molecular weight is 230 g/mol. The molecule has 0 bridgehead atoms. The second-order valence-electron chi connectivity index (χ2n) is 3.70. The molecule has 0 aromatic rings. The van der Waals surface area contributed by atoms with Crippen LogP contribution in [0.3, 0.4) is 0 Å². The van der Waals surface area contributed by atoms with Gasteiger partial charge >= 0.3 is 5.97 Å². The zero-order chi connectivity index (χ0) is 12.4. The molecule has 0 fully saturated rings. The number of hydrogen-bond acceptors (Lipinski definition) is 4. The minimum absolute atomic E-state index is 0.0115. The quantitative estimate of drug-likeness (QED) is 0.449. The number of rotatable bonds is 9. The molecule has 0 radical (unpaired) electrons. The van der Waals surface area contributed by atoms with Gasteiger partial charge in [0.2, 0.25) is 0 Å². The number of carbonyl (C=O) groups excluding carboxylic acids is 2. The van der Waals surface area contributed by atoms with Crippen molar-refractivity contribution in [1.82, 2.24) is 0 Å². The SMILES string of the molecule is CCOC(=O)CCCOCC(CC)C(C)=O. The minimum Gasteiger partial charge on any atom is -0.466 e. The Balaban J connectivity index is 3.45. The van der Waals surface area contributed by atoms with Crippen molar-refractivity contribution in [1.29, 1.82) is 0 Å². The first-order valence-electron chi connectivity index (χ1n) is 5.85. The summed E-state index contributed by atoms with van der Waals surface area (Å²) in [7, 11) is 0. The van der Waals surface area contributed by atoms with Crippen LogP contribution in [-0.4, -0.2) is 31.6 Å². The van der Waals surface area contributed by atoms with Crippen molar-refractivity contribution in [2.24, 2.45) is 5.92 Å². The van der Waals surface area contributed by atoms with Crippen LogP contribution in [0, 0.1) is 5.92 Å². The number of ketones is 1. The van der Waals surface area contributed by atoms with Crippen molar-refractivity contribution >= 4 is 11.8 Å². The Morgan fingerprint density at radius 1 is 1.25 bits per heavy atom. The van der Waals surface area contributed by atoms with Crippen molar-refractivity contribution < 1.29 is 19.1 Å². The summed E-state index contributed by atoms with van der Waals surface area (Å²) in [5.41, 5.74) is 0. The van der Waals surface area contributed by atoms with Gasteiger partial charge in [-0.3, -0.25) is 9.59 Å². The van der Waals surface area contributed by atoms with Crippen LogP contribution >= 0.6 is 0 Å². The molecule has 1 unspecified atom stereocenters. The van der Waals surface area contributed by atoms with Gasteiger partial charge in [-0.1, -0.05) is 6.92 Å². The van der Waals surface area contributed by atoms with Gasteiger partial charge in [-0.15, -0.1) is 0 Å². The lowest BCUT2D eigenvalue weighted by molar-refractivity contribution is -0.143. The van der Waals surface area contributed by atoms with Crippen LogP contribution in [-0.2, 0) is 19.1 Å². The highest BCUT2D eigenvalue weighted by Gasteiger charge is 2.11. The van der Waals surface area contributed by atoms with Gasteiger partial charge in [0.05, 0.1) is 13.2 Å². The lowest BCUT2D eigenvalue weighted by Crippen LogP contribution is -2.17. The number of hydrogen-bond donors (Lipinski definition) is 0. The first kappa shape index (κ1) is 15.1. The van der Waals surface area contributed by atoms with Crippen LogP contribution in [0.4, 0.5) is 0 Å². The number of Topliss-reactive ketones (excluding diaryl/α,β-unsaturated/α-hetero) is 1. The molecule has 4 nitrogen and oxygen atoms in total. The van der Waals surface area contributed by atoms with Crippen LogP contribution < -0.4 is 0 Å². The third kappa shape index (κ3) is 7.40. The van der Waals surface area contributed by atoms with Gasteiger partial charge in [0, 0.05) is 18.9 Å². The predicted molar refractivity (Wildman–Crippen MR) is 61.1 cm³/mol. The monoisotopic (exact) mass is 230 g/mol. The third-order valence-electron chi connectivity index (χ3n) is 2.36. The standard InChI is InChI=1S/C12H22O4/c1-4-11(10(3)13)9-15-8-6-7-12(14)16-5-2/h11H,4-9H2,1-3H3. The summed E-state index contributed by atoms with van der Waals surface area (Å²) in [4.78, 5) is 22.1. The van der Waals surface area contributed by atoms with Crippen molar-refractivity contribution in [3.05, 3.63) is 0 Å². The van der Waals surface area contributed by atoms with Crippen molar-refractivity contribution in [2.45, 2.75) is 40.0 Å². The number of ether oxygens (including phenoxy) is 2. The maximum Gasteiger partial charge on any atom is 0.305 e. The minimum atomic E-state index is -0.190. The molecule has 4 heteroatoms. The normalized spacial score (nSPS) is 12.2. The summed E-state index contributed by atoms with van der Waals surface area (Å²) >= 11 is 0. The lowest BCUT2D eigenvalue weighted by atomic mass is 10.0. The van der Waals surface area contributed by atoms with E-state index in [1.165, 1.54) is 0 Å². The molecule has 0 saturated heterocycles. The van der Waals surface area contributed by atoms with E-state index >= 15 is 0 Å². The zero-order valence-corrected chi connectivity index (χ0v) is 10.5. The van der Waals surface area contributed by atoms with Crippen LogP contribution in [0.2, 0.25) is 0 Å². The molecular weight excluding hydrogens is 208 g/mol. The average Bonchev–Trinajstić information content (AvgIpc) is 2.23. The Kier molecular flexibility index (Phi) is 8.81. The Labute approximate surface area is 97.3 Å². The Morgan fingerprint density at radius 3 is 2.44 bits per heavy atom. The molecule has 0 amide bonds. The molecule has 0 aliphatic heterocycles. The van der Waals surface area contributed by atoms with Crippen LogP contribution in [0.15, 0.2) is 0 Å². The molecule has 16 heavy (non-hydrogen) atoms. The predicted octanol–water partition coefficient (Wildman–Crippen LogP) is 1.96. The highest BCUT2D eigenvalue weighted by atomic mass is 16.5. The molecular formula is C12H22O4. The summed E-state index contributed by atoms with van der Waals surface area (Å²) in [6, 6.07) is 0. The summed E-state index contributed by atoms with van der Waals surface area (Å²) in [6.07, 6.45) is 1.82. The van der Waals surface area contributed by atoms with E-state index < -0.39 is 0 Å². The first-order valence-corrected chi connectivity index (χ1v) is 5.85. The van der Waals surface area contributed by atoms with E-state index in [1.54, 1.807) is 13.8 Å². The van der Waals surface area contributed by atoms with Crippen LogP contribution in [0.1, 0.15) is 40.0 Å². The topological polar surface area (TPSA) is 52.6 Å².